The van der Waals surface area contributed by atoms with E-state index in [0.717, 1.165) is 11.3 Å². The van der Waals surface area contributed by atoms with Crippen LogP contribution in [0.2, 0.25) is 0 Å². The van der Waals surface area contributed by atoms with Crippen molar-refractivity contribution >= 4 is 39.2 Å². The van der Waals surface area contributed by atoms with Gasteiger partial charge in [0.25, 0.3) is 0 Å². The molecule has 0 aliphatic rings. The second-order valence-electron chi connectivity index (χ2n) is 5.95. The molecular weight excluding hydrogens is 412 g/mol. The number of allylic oxidation sites excluding steroid dienone is 1. The summed E-state index contributed by atoms with van der Waals surface area (Å²) in [5, 5.41) is 0. The van der Waals surface area contributed by atoms with Gasteiger partial charge in [-0.3, -0.25) is 4.79 Å². The summed E-state index contributed by atoms with van der Waals surface area (Å²) in [5.41, 5.74) is 8.62. The second-order valence-corrected chi connectivity index (χ2v) is 6.80. The maximum absolute atomic E-state index is 12.8. The van der Waals surface area contributed by atoms with E-state index in [-0.39, 0.29) is 5.78 Å². The van der Waals surface area contributed by atoms with Crippen molar-refractivity contribution in [3.8, 4) is 17.2 Å². The standard InChI is InChI=1S/C20H23BrN2O4/c1-23(2)16-11-13(6-7-15(16)22)19(24)14(21)8-12-9-17(25-3)20(27-5)18(10-12)26-4/h6-11H,22H2,1-5H3. The van der Waals surface area contributed by atoms with Crippen molar-refractivity contribution in [3.63, 3.8) is 0 Å². The molecular formula is C20H23BrN2O4. The van der Waals surface area contributed by atoms with E-state index in [1.54, 1.807) is 57.7 Å². The minimum atomic E-state index is -0.160. The zero-order chi connectivity index (χ0) is 20.1. The van der Waals surface area contributed by atoms with Gasteiger partial charge in [-0.1, -0.05) is 0 Å². The summed E-state index contributed by atoms with van der Waals surface area (Å²) in [4.78, 5) is 14.7. The Hall–Kier alpha value is -2.67. The SMILES string of the molecule is COc1cc(C=C(Br)C(=O)c2ccc(N)c(N(C)C)c2)cc(OC)c1OC. The number of methoxy groups -OCH3 is 3. The lowest BCUT2D eigenvalue weighted by Gasteiger charge is -2.16. The van der Waals surface area contributed by atoms with E-state index in [2.05, 4.69) is 15.9 Å². The van der Waals surface area contributed by atoms with Gasteiger partial charge >= 0.3 is 0 Å². The molecule has 0 amide bonds. The Morgan fingerprint density at radius 3 is 2.11 bits per heavy atom. The third-order valence-electron chi connectivity index (χ3n) is 3.97. The van der Waals surface area contributed by atoms with Crippen LogP contribution in [0.15, 0.2) is 34.8 Å². The van der Waals surface area contributed by atoms with Gasteiger partial charge < -0.3 is 24.8 Å². The number of nitrogens with zero attached hydrogens (tertiary/aromatic N) is 1. The summed E-state index contributed by atoms with van der Waals surface area (Å²) < 4.78 is 16.4. The number of hydrogen-bond acceptors (Lipinski definition) is 6. The predicted molar refractivity (Wildman–Crippen MR) is 113 cm³/mol. The molecule has 2 aromatic carbocycles. The van der Waals surface area contributed by atoms with E-state index >= 15 is 0 Å². The van der Waals surface area contributed by atoms with Crippen LogP contribution in [0.5, 0.6) is 17.2 Å². The molecule has 2 rings (SSSR count). The first-order valence-electron chi connectivity index (χ1n) is 8.11. The number of halogens is 1. The molecule has 0 spiro atoms. The fourth-order valence-corrected chi connectivity index (χ4v) is 3.10. The fraction of sp³-hybridized carbons (Fsp3) is 0.250. The van der Waals surface area contributed by atoms with Crippen molar-refractivity contribution in [2.45, 2.75) is 0 Å². The number of nitrogens with two attached hydrogens (primary N) is 1. The van der Waals surface area contributed by atoms with Crippen molar-refractivity contribution < 1.29 is 19.0 Å². The Kier molecular flexibility index (Phi) is 6.74. The van der Waals surface area contributed by atoms with Crippen molar-refractivity contribution in [1.82, 2.24) is 0 Å². The Labute approximate surface area is 167 Å². The number of carbonyl (C=O) groups excluding carboxylic acids is 1. The Morgan fingerprint density at radius 2 is 1.63 bits per heavy atom. The number of ether oxygens (including phenoxy) is 3. The molecule has 27 heavy (non-hydrogen) atoms. The normalized spacial score (nSPS) is 11.1. The van der Waals surface area contributed by atoms with Gasteiger partial charge in [-0.2, -0.15) is 0 Å². The summed E-state index contributed by atoms with van der Waals surface area (Å²) in [7, 11) is 8.38. The first-order chi connectivity index (χ1) is 12.8. The number of anilines is 2. The molecule has 0 unspecified atom stereocenters. The van der Waals surface area contributed by atoms with Crippen LogP contribution in [0, 0.1) is 0 Å². The van der Waals surface area contributed by atoms with Crippen LogP contribution in [0.3, 0.4) is 0 Å². The van der Waals surface area contributed by atoms with Crippen LogP contribution in [0.25, 0.3) is 6.08 Å². The summed E-state index contributed by atoms with van der Waals surface area (Å²) >= 11 is 3.38. The Bertz CT molecular complexity index is 853. The van der Waals surface area contributed by atoms with E-state index in [9.17, 15) is 4.79 Å². The lowest BCUT2D eigenvalue weighted by atomic mass is 10.1. The number of nitrogen functional groups attached to an aromatic ring is 1. The zero-order valence-electron chi connectivity index (χ0n) is 16.0. The monoisotopic (exact) mass is 434 g/mol. The lowest BCUT2D eigenvalue weighted by Crippen LogP contribution is -2.12. The summed E-state index contributed by atoms with van der Waals surface area (Å²) in [6, 6.07) is 8.73. The average molecular weight is 435 g/mol. The third kappa shape index (κ3) is 4.54. The molecule has 0 saturated heterocycles. The molecule has 2 N–H and O–H groups in total. The quantitative estimate of drug-likeness (QED) is 0.403. The highest BCUT2D eigenvalue weighted by Gasteiger charge is 2.16. The summed E-state index contributed by atoms with van der Waals surface area (Å²) in [5.74, 6) is 1.36. The van der Waals surface area contributed by atoms with Gasteiger partial charge in [0.1, 0.15) is 0 Å². The Balaban J connectivity index is 2.42. The number of benzene rings is 2. The fourth-order valence-electron chi connectivity index (χ4n) is 2.61. The highest BCUT2D eigenvalue weighted by Crippen LogP contribution is 2.39. The van der Waals surface area contributed by atoms with E-state index in [4.69, 9.17) is 19.9 Å². The van der Waals surface area contributed by atoms with Crippen molar-refractivity contribution in [1.29, 1.82) is 0 Å². The Morgan fingerprint density at radius 1 is 1.04 bits per heavy atom. The number of rotatable bonds is 7. The molecule has 2 aromatic rings. The van der Waals surface area contributed by atoms with Crippen molar-refractivity contribution in [3.05, 3.63) is 45.9 Å². The molecule has 0 aliphatic heterocycles. The van der Waals surface area contributed by atoms with Crippen LogP contribution in [-0.2, 0) is 0 Å². The second kappa shape index (κ2) is 8.81. The predicted octanol–water partition coefficient (Wildman–Crippen LogP) is 3.98. The molecule has 0 radical (unpaired) electrons. The number of hydrogen-bond donors (Lipinski definition) is 1. The first-order valence-corrected chi connectivity index (χ1v) is 8.90. The number of ketones is 1. The molecule has 0 fully saturated rings. The van der Waals surface area contributed by atoms with Crippen LogP contribution in [-0.4, -0.2) is 41.2 Å². The first kappa shape index (κ1) is 20.6. The topological polar surface area (TPSA) is 74.0 Å². The van der Waals surface area contributed by atoms with Crippen molar-refractivity contribution in [2.75, 3.05) is 46.1 Å². The highest BCUT2D eigenvalue weighted by atomic mass is 79.9. The number of carbonyl (C=O) groups is 1. The molecule has 6 nitrogen and oxygen atoms in total. The van der Waals surface area contributed by atoms with Crippen molar-refractivity contribution in [2.24, 2.45) is 0 Å². The van der Waals surface area contributed by atoms with Gasteiger partial charge in [-0.15, -0.1) is 0 Å². The smallest absolute Gasteiger partial charge is 0.203 e. The molecule has 0 saturated carbocycles. The molecule has 0 heterocycles. The minimum Gasteiger partial charge on any atom is -0.493 e. The molecule has 0 aliphatic carbocycles. The summed E-state index contributed by atoms with van der Waals surface area (Å²) in [6.07, 6.45) is 1.71. The molecule has 144 valence electrons. The minimum absolute atomic E-state index is 0.160. The molecule has 0 bridgehead atoms. The van der Waals surface area contributed by atoms with Gasteiger partial charge in [0.05, 0.1) is 37.2 Å². The van der Waals surface area contributed by atoms with E-state index < -0.39 is 0 Å². The van der Waals surface area contributed by atoms with Gasteiger partial charge in [0.2, 0.25) is 5.75 Å². The van der Waals surface area contributed by atoms with E-state index in [1.165, 1.54) is 0 Å². The van der Waals surface area contributed by atoms with Crippen LogP contribution in [0.1, 0.15) is 15.9 Å². The molecule has 0 atom stereocenters. The maximum atomic E-state index is 12.8. The van der Waals surface area contributed by atoms with Gasteiger partial charge in [-0.05, 0) is 57.9 Å². The van der Waals surface area contributed by atoms with Crippen LogP contribution < -0.4 is 24.8 Å². The zero-order valence-corrected chi connectivity index (χ0v) is 17.6. The number of Topliss-reactive ketones (excluding diaryl/α,β-unsaturated/α-hetero) is 1. The van der Waals surface area contributed by atoms with Crippen LogP contribution >= 0.6 is 15.9 Å². The highest BCUT2D eigenvalue weighted by molar-refractivity contribution is 9.12. The third-order valence-corrected chi connectivity index (χ3v) is 4.56. The van der Waals surface area contributed by atoms with Gasteiger partial charge in [-0.25, -0.2) is 0 Å². The molecule has 0 aromatic heterocycles. The van der Waals surface area contributed by atoms with E-state index in [0.29, 0.717) is 33.0 Å². The lowest BCUT2D eigenvalue weighted by molar-refractivity contribution is 0.104. The average Bonchev–Trinajstić information content (AvgIpc) is 2.66. The summed E-state index contributed by atoms with van der Waals surface area (Å²) in [6.45, 7) is 0. The largest absolute Gasteiger partial charge is 0.493 e. The van der Waals surface area contributed by atoms with Crippen LogP contribution in [0.4, 0.5) is 11.4 Å². The van der Waals surface area contributed by atoms with Gasteiger partial charge in [0.15, 0.2) is 17.3 Å². The maximum Gasteiger partial charge on any atom is 0.203 e. The van der Waals surface area contributed by atoms with Gasteiger partial charge in [0, 0.05) is 19.7 Å². The van der Waals surface area contributed by atoms with E-state index in [1.807, 2.05) is 19.0 Å². The molecule has 7 heteroatoms.